The third-order valence-corrected chi connectivity index (χ3v) is 4.64. The highest BCUT2D eigenvalue weighted by molar-refractivity contribution is 7.86. The standard InChI is InChI=1S/C21H20FNO6S/c1-27-19-10-9-15(12-20(19)29-30(2,25)26)13-23(14-16-6-5-11-28-16)21(24)17-7-3-4-8-18(17)22/h3-12H,13-14H2,1-2H3. The van der Waals surface area contributed by atoms with Crippen molar-refractivity contribution in [3.63, 3.8) is 0 Å². The Morgan fingerprint density at radius 2 is 1.83 bits per heavy atom. The van der Waals surface area contributed by atoms with Crippen LogP contribution in [-0.2, 0) is 23.2 Å². The first kappa shape index (κ1) is 21.4. The number of amides is 1. The summed E-state index contributed by atoms with van der Waals surface area (Å²) >= 11 is 0. The van der Waals surface area contributed by atoms with Gasteiger partial charge in [0.15, 0.2) is 11.5 Å². The number of carbonyl (C=O) groups excluding carboxylic acids is 1. The van der Waals surface area contributed by atoms with Gasteiger partial charge in [-0.05, 0) is 42.0 Å². The van der Waals surface area contributed by atoms with Crippen molar-refractivity contribution in [2.75, 3.05) is 13.4 Å². The molecule has 0 atom stereocenters. The van der Waals surface area contributed by atoms with Gasteiger partial charge in [0, 0.05) is 6.54 Å². The van der Waals surface area contributed by atoms with E-state index >= 15 is 0 Å². The van der Waals surface area contributed by atoms with Gasteiger partial charge in [-0.15, -0.1) is 0 Å². The van der Waals surface area contributed by atoms with Crippen LogP contribution in [0.1, 0.15) is 21.7 Å². The SMILES string of the molecule is COc1ccc(CN(Cc2ccco2)C(=O)c2ccccc2F)cc1OS(C)(=O)=O. The van der Waals surface area contributed by atoms with Crippen LogP contribution in [-0.4, -0.2) is 32.6 Å². The van der Waals surface area contributed by atoms with Gasteiger partial charge in [0.2, 0.25) is 0 Å². The lowest BCUT2D eigenvalue weighted by Crippen LogP contribution is -2.30. The first-order chi connectivity index (χ1) is 14.3. The first-order valence-corrected chi connectivity index (χ1v) is 10.7. The second kappa shape index (κ2) is 9.00. The largest absolute Gasteiger partial charge is 0.493 e. The van der Waals surface area contributed by atoms with Gasteiger partial charge in [-0.2, -0.15) is 8.42 Å². The van der Waals surface area contributed by atoms with E-state index in [2.05, 4.69) is 0 Å². The van der Waals surface area contributed by atoms with Gasteiger partial charge in [0.05, 0.1) is 31.7 Å². The monoisotopic (exact) mass is 433 g/mol. The Hall–Kier alpha value is -3.33. The molecule has 0 saturated heterocycles. The van der Waals surface area contributed by atoms with Crippen molar-refractivity contribution in [3.05, 3.63) is 83.6 Å². The van der Waals surface area contributed by atoms with Crippen molar-refractivity contribution < 1.29 is 30.9 Å². The first-order valence-electron chi connectivity index (χ1n) is 8.89. The maximum atomic E-state index is 14.2. The predicted octanol–water partition coefficient (Wildman–Crippen LogP) is 3.61. The number of hydrogen-bond donors (Lipinski definition) is 0. The molecule has 0 bridgehead atoms. The van der Waals surface area contributed by atoms with Crippen LogP contribution in [0.15, 0.2) is 65.3 Å². The van der Waals surface area contributed by atoms with Crippen LogP contribution in [0.4, 0.5) is 4.39 Å². The van der Waals surface area contributed by atoms with Gasteiger partial charge < -0.3 is 18.2 Å². The molecule has 1 heterocycles. The topological polar surface area (TPSA) is 86.0 Å². The molecule has 0 aliphatic heterocycles. The lowest BCUT2D eigenvalue weighted by molar-refractivity contribution is 0.0712. The zero-order valence-corrected chi connectivity index (χ0v) is 17.2. The highest BCUT2D eigenvalue weighted by Crippen LogP contribution is 2.30. The lowest BCUT2D eigenvalue weighted by Gasteiger charge is -2.23. The molecule has 9 heteroatoms. The van der Waals surface area contributed by atoms with Crippen LogP contribution >= 0.6 is 0 Å². The Kier molecular flexibility index (Phi) is 6.41. The number of carbonyl (C=O) groups is 1. The normalized spacial score (nSPS) is 11.2. The zero-order valence-electron chi connectivity index (χ0n) is 16.4. The van der Waals surface area contributed by atoms with Gasteiger partial charge >= 0.3 is 10.1 Å². The summed E-state index contributed by atoms with van der Waals surface area (Å²) in [6.45, 7) is 0.145. The highest BCUT2D eigenvalue weighted by atomic mass is 32.2. The number of rotatable bonds is 8. The van der Waals surface area contributed by atoms with Gasteiger partial charge in [0.1, 0.15) is 11.6 Å². The van der Waals surface area contributed by atoms with Crippen LogP contribution in [0.5, 0.6) is 11.5 Å². The summed E-state index contributed by atoms with van der Waals surface area (Å²) in [6.07, 6.45) is 2.40. The number of furan rings is 1. The summed E-state index contributed by atoms with van der Waals surface area (Å²) in [5.41, 5.74) is 0.482. The molecule has 0 unspecified atom stereocenters. The van der Waals surface area contributed by atoms with Crippen LogP contribution in [0, 0.1) is 5.82 Å². The highest BCUT2D eigenvalue weighted by Gasteiger charge is 2.21. The van der Waals surface area contributed by atoms with Crippen molar-refractivity contribution >= 4 is 16.0 Å². The molecule has 2 aromatic carbocycles. The number of ether oxygens (including phenoxy) is 1. The Labute approximate surface area is 173 Å². The van der Waals surface area contributed by atoms with Gasteiger partial charge in [0.25, 0.3) is 5.91 Å². The molecule has 0 spiro atoms. The summed E-state index contributed by atoms with van der Waals surface area (Å²) in [4.78, 5) is 14.4. The smallest absolute Gasteiger partial charge is 0.306 e. The molecule has 1 amide bonds. The van der Waals surface area contributed by atoms with Crippen molar-refractivity contribution in [1.82, 2.24) is 4.90 Å². The number of methoxy groups -OCH3 is 1. The molecule has 0 fully saturated rings. The molecule has 0 saturated carbocycles. The molecule has 1 aromatic heterocycles. The van der Waals surface area contributed by atoms with E-state index in [4.69, 9.17) is 13.3 Å². The summed E-state index contributed by atoms with van der Waals surface area (Å²) < 4.78 is 52.7. The summed E-state index contributed by atoms with van der Waals surface area (Å²) in [5, 5.41) is 0. The predicted molar refractivity (Wildman–Crippen MR) is 107 cm³/mol. The minimum atomic E-state index is -3.79. The van der Waals surface area contributed by atoms with Crippen molar-refractivity contribution in [2.45, 2.75) is 13.1 Å². The van der Waals surface area contributed by atoms with E-state index in [1.807, 2.05) is 0 Å². The molecule has 30 heavy (non-hydrogen) atoms. The maximum Gasteiger partial charge on any atom is 0.306 e. The number of nitrogens with zero attached hydrogens (tertiary/aromatic N) is 1. The second-order valence-corrected chi connectivity index (χ2v) is 8.07. The van der Waals surface area contributed by atoms with Crippen LogP contribution < -0.4 is 8.92 Å². The van der Waals surface area contributed by atoms with Gasteiger partial charge in [-0.1, -0.05) is 18.2 Å². The van der Waals surface area contributed by atoms with Crippen molar-refractivity contribution in [3.8, 4) is 11.5 Å². The number of halogens is 1. The Balaban J connectivity index is 1.94. The van der Waals surface area contributed by atoms with E-state index in [9.17, 15) is 17.6 Å². The van der Waals surface area contributed by atoms with Crippen LogP contribution in [0.3, 0.4) is 0 Å². The van der Waals surface area contributed by atoms with Gasteiger partial charge in [-0.3, -0.25) is 4.79 Å². The number of benzene rings is 2. The molecular formula is C21H20FNO6S. The van der Waals surface area contributed by atoms with Crippen molar-refractivity contribution in [1.29, 1.82) is 0 Å². The van der Waals surface area contributed by atoms with E-state index in [0.29, 0.717) is 11.3 Å². The van der Waals surface area contributed by atoms with Gasteiger partial charge in [-0.25, -0.2) is 4.39 Å². The Bertz CT molecular complexity index is 1130. The van der Waals surface area contributed by atoms with Crippen molar-refractivity contribution in [2.24, 2.45) is 0 Å². The fourth-order valence-electron chi connectivity index (χ4n) is 2.86. The quantitative estimate of drug-likeness (QED) is 0.505. The molecule has 7 nitrogen and oxygen atoms in total. The molecule has 0 N–H and O–H groups in total. The van der Waals surface area contributed by atoms with E-state index in [0.717, 1.165) is 6.26 Å². The molecule has 0 aliphatic rings. The Morgan fingerprint density at radius 1 is 1.07 bits per heavy atom. The Morgan fingerprint density at radius 3 is 2.47 bits per heavy atom. The third-order valence-electron chi connectivity index (χ3n) is 4.16. The van der Waals surface area contributed by atoms with Crippen LogP contribution in [0.2, 0.25) is 0 Å². The average molecular weight is 433 g/mol. The molecule has 3 aromatic rings. The van der Waals surface area contributed by atoms with Crippen LogP contribution in [0.25, 0.3) is 0 Å². The minimum Gasteiger partial charge on any atom is -0.493 e. The van der Waals surface area contributed by atoms with E-state index in [1.165, 1.54) is 48.6 Å². The average Bonchev–Trinajstić information content (AvgIpc) is 3.19. The van der Waals surface area contributed by atoms with E-state index in [-0.39, 0.29) is 30.2 Å². The molecule has 0 aliphatic carbocycles. The minimum absolute atomic E-state index is 0.00575. The fourth-order valence-corrected chi connectivity index (χ4v) is 3.32. The fraction of sp³-hybridized carbons (Fsp3) is 0.190. The van der Waals surface area contributed by atoms with E-state index < -0.39 is 21.8 Å². The summed E-state index contributed by atoms with van der Waals surface area (Å²) in [5.74, 6) is -0.439. The summed E-state index contributed by atoms with van der Waals surface area (Å²) in [6, 6.07) is 13.7. The zero-order chi connectivity index (χ0) is 21.7. The summed E-state index contributed by atoms with van der Waals surface area (Å²) in [7, 11) is -2.40. The van der Waals surface area contributed by atoms with E-state index in [1.54, 1.807) is 24.3 Å². The molecule has 3 rings (SSSR count). The number of hydrogen-bond acceptors (Lipinski definition) is 6. The second-order valence-electron chi connectivity index (χ2n) is 6.49. The third kappa shape index (κ3) is 5.38. The maximum absolute atomic E-state index is 14.2. The lowest BCUT2D eigenvalue weighted by atomic mass is 10.1. The molecule has 158 valence electrons. The molecular weight excluding hydrogens is 413 g/mol. The molecule has 0 radical (unpaired) electrons.